The maximum Gasteiger partial charge on any atom is 0.277 e. The summed E-state index contributed by atoms with van der Waals surface area (Å²) in [5.41, 5.74) is 1.08. The van der Waals surface area contributed by atoms with Gasteiger partial charge in [0.25, 0.3) is 11.8 Å². The molecule has 0 atom stereocenters. The first kappa shape index (κ1) is 19.1. The number of hydrogen-bond acceptors (Lipinski definition) is 5. The number of halogens is 1. The molecule has 2 amide bonds. The molecule has 1 aromatic heterocycles. The number of aryl methyl sites for hydroxylation is 1. The second kappa shape index (κ2) is 7.52. The number of carbonyl (C=O) groups excluding carboxylic acids is 2. The van der Waals surface area contributed by atoms with Crippen LogP contribution in [0, 0.1) is 0 Å². The number of imide groups is 1. The quantitative estimate of drug-likeness (QED) is 0.731. The number of benzene rings is 1. The Morgan fingerprint density at radius 1 is 1.15 bits per heavy atom. The summed E-state index contributed by atoms with van der Waals surface area (Å²) in [5, 5.41) is 0.815. The fourth-order valence-corrected chi connectivity index (χ4v) is 3.58. The molecule has 0 unspecified atom stereocenters. The van der Waals surface area contributed by atoms with Crippen LogP contribution in [0.5, 0.6) is 17.2 Å². The van der Waals surface area contributed by atoms with Gasteiger partial charge in [0, 0.05) is 18.5 Å². The monoisotopic (exact) mass is 392 g/mol. The van der Waals surface area contributed by atoms with E-state index in [1.807, 2.05) is 6.92 Å². The number of amides is 2. The molecule has 7 nitrogen and oxygen atoms in total. The number of nitrogens with zero attached hydrogens (tertiary/aromatic N) is 2. The third-order valence-electron chi connectivity index (χ3n) is 4.59. The standard InChI is InChI=1S/C19H21ClN2O5/c1-5-21-13(19(24)22-8-6-7-12(20)18(22)23)9-11-10-14(25-2)16(26-3)17(27-4)15(11)21/h7,9-10H,5-6,8H2,1-4H3. The Morgan fingerprint density at radius 2 is 1.85 bits per heavy atom. The molecule has 0 saturated carbocycles. The van der Waals surface area contributed by atoms with Gasteiger partial charge in [-0.2, -0.15) is 0 Å². The van der Waals surface area contributed by atoms with Gasteiger partial charge in [0.2, 0.25) is 5.75 Å². The molecule has 27 heavy (non-hydrogen) atoms. The second-order valence-corrected chi connectivity index (χ2v) is 6.37. The first-order valence-electron chi connectivity index (χ1n) is 8.52. The number of rotatable bonds is 5. The van der Waals surface area contributed by atoms with Gasteiger partial charge >= 0.3 is 0 Å². The van der Waals surface area contributed by atoms with Crippen LogP contribution in [0.4, 0.5) is 0 Å². The fraction of sp³-hybridized carbons (Fsp3) is 0.368. The molecule has 144 valence electrons. The lowest BCUT2D eigenvalue weighted by Crippen LogP contribution is -2.40. The second-order valence-electron chi connectivity index (χ2n) is 5.96. The maximum atomic E-state index is 13.1. The van der Waals surface area contributed by atoms with Crippen LogP contribution in [0.3, 0.4) is 0 Å². The maximum absolute atomic E-state index is 13.1. The van der Waals surface area contributed by atoms with Crippen molar-refractivity contribution in [3.05, 3.63) is 28.9 Å². The van der Waals surface area contributed by atoms with Crippen molar-refractivity contribution in [2.24, 2.45) is 0 Å². The van der Waals surface area contributed by atoms with Crippen molar-refractivity contribution in [1.82, 2.24) is 9.47 Å². The third-order valence-corrected chi connectivity index (χ3v) is 4.91. The highest BCUT2D eigenvalue weighted by Crippen LogP contribution is 2.44. The topological polar surface area (TPSA) is 70.0 Å². The minimum atomic E-state index is -0.483. The molecule has 2 aromatic rings. The Hall–Kier alpha value is -2.67. The van der Waals surface area contributed by atoms with Gasteiger partial charge in [0.05, 0.1) is 26.8 Å². The van der Waals surface area contributed by atoms with E-state index < -0.39 is 11.8 Å². The van der Waals surface area contributed by atoms with Crippen LogP contribution in [0.25, 0.3) is 10.9 Å². The predicted octanol–water partition coefficient (Wildman–Crippen LogP) is 3.18. The first-order valence-corrected chi connectivity index (χ1v) is 8.90. The average Bonchev–Trinajstić information content (AvgIpc) is 3.06. The Morgan fingerprint density at radius 3 is 2.44 bits per heavy atom. The third kappa shape index (κ3) is 3.02. The molecule has 2 heterocycles. The van der Waals surface area contributed by atoms with Gasteiger partial charge in [-0.25, -0.2) is 0 Å². The van der Waals surface area contributed by atoms with E-state index in [4.69, 9.17) is 25.8 Å². The van der Waals surface area contributed by atoms with E-state index in [1.54, 1.807) is 22.8 Å². The lowest BCUT2D eigenvalue weighted by Gasteiger charge is -2.23. The average molecular weight is 393 g/mol. The Labute approximate surface area is 162 Å². The summed E-state index contributed by atoms with van der Waals surface area (Å²) in [6.07, 6.45) is 2.16. The first-order chi connectivity index (χ1) is 13.0. The van der Waals surface area contributed by atoms with Crippen molar-refractivity contribution in [2.45, 2.75) is 19.9 Å². The van der Waals surface area contributed by atoms with Gasteiger partial charge in [-0.3, -0.25) is 14.5 Å². The van der Waals surface area contributed by atoms with Crippen molar-refractivity contribution < 1.29 is 23.8 Å². The van der Waals surface area contributed by atoms with Crippen LogP contribution in [0.1, 0.15) is 23.8 Å². The molecule has 0 bridgehead atoms. The largest absolute Gasteiger partial charge is 0.493 e. The SMILES string of the molecule is CCn1c(C(=O)N2CCC=C(Cl)C2=O)cc2cc(OC)c(OC)c(OC)c21. The highest BCUT2D eigenvalue weighted by molar-refractivity contribution is 6.43. The highest BCUT2D eigenvalue weighted by atomic mass is 35.5. The Balaban J connectivity index is 2.21. The summed E-state index contributed by atoms with van der Waals surface area (Å²) < 4.78 is 18.2. The van der Waals surface area contributed by atoms with Crippen LogP contribution in [-0.2, 0) is 11.3 Å². The number of ether oxygens (including phenoxy) is 3. The molecular weight excluding hydrogens is 372 g/mol. The summed E-state index contributed by atoms with van der Waals surface area (Å²) in [5.74, 6) is 0.524. The zero-order valence-electron chi connectivity index (χ0n) is 15.7. The molecule has 0 fully saturated rings. The van der Waals surface area contributed by atoms with Crippen LogP contribution >= 0.6 is 11.6 Å². The van der Waals surface area contributed by atoms with E-state index in [-0.39, 0.29) is 5.03 Å². The minimum Gasteiger partial charge on any atom is -0.493 e. The molecule has 1 aliphatic rings. The summed E-state index contributed by atoms with van der Waals surface area (Å²) in [4.78, 5) is 26.6. The lowest BCUT2D eigenvalue weighted by molar-refractivity contribution is -0.124. The minimum absolute atomic E-state index is 0.0645. The molecular formula is C19H21ClN2O5. The molecule has 0 saturated heterocycles. The molecule has 0 N–H and O–H groups in total. The van der Waals surface area contributed by atoms with Crippen molar-refractivity contribution in [3.8, 4) is 17.2 Å². The van der Waals surface area contributed by atoms with Crippen LogP contribution < -0.4 is 14.2 Å². The zero-order chi connectivity index (χ0) is 19.7. The Kier molecular flexibility index (Phi) is 5.32. The summed E-state index contributed by atoms with van der Waals surface area (Å²) in [7, 11) is 4.59. The van der Waals surface area contributed by atoms with E-state index >= 15 is 0 Å². The molecule has 0 aliphatic carbocycles. The number of carbonyl (C=O) groups is 2. The predicted molar refractivity (Wildman–Crippen MR) is 102 cm³/mol. The highest BCUT2D eigenvalue weighted by Gasteiger charge is 2.31. The van der Waals surface area contributed by atoms with E-state index in [0.717, 1.165) is 5.39 Å². The summed E-state index contributed by atoms with van der Waals surface area (Å²) in [6.45, 7) is 2.71. The normalized spacial score (nSPS) is 14.3. The van der Waals surface area contributed by atoms with E-state index in [1.165, 1.54) is 26.2 Å². The van der Waals surface area contributed by atoms with E-state index in [9.17, 15) is 9.59 Å². The molecule has 0 spiro atoms. The van der Waals surface area contributed by atoms with Crippen molar-refractivity contribution in [1.29, 1.82) is 0 Å². The van der Waals surface area contributed by atoms with E-state index in [0.29, 0.717) is 48.0 Å². The molecule has 8 heteroatoms. The van der Waals surface area contributed by atoms with Crippen molar-refractivity contribution >= 4 is 34.3 Å². The summed E-state index contributed by atoms with van der Waals surface area (Å²) >= 11 is 5.93. The summed E-state index contributed by atoms with van der Waals surface area (Å²) in [6, 6.07) is 3.51. The molecule has 1 aromatic carbocycles. The number of aromatic nitrogens is 1. The van der Waals surface area contributed by atoms with Gasteiger partial charge in [0.15, 0.2) is 11.5 Å². The van der Waals surface area contributed by atoms with Gasteiger partial charge in [0.1, 0.15) is 10.7 Å². The van der Waals surface area contributed by atoms with Crippen molar-refractivity contribution in [3.63, 3.8) is 0 Å². The number of hydrogen-bond donors (Lipinski definition) is 0. The molecule has 3 rings (SSSR count). The van der Waals surface area contributed by atoms with Gasteiger partial charge in [-0.1, -0.05) is 17.7 Å². The fourth-order valence-electron chi connectivity index (χ4n) is 3.37. The van der Waals surface area contributed by atoms with Gasteiger partial charge in [-0.05, 0) is 25.5 Å². The molecule has 1 aliphatic heterocycles. The van der Waals surface area contributed by atoms with Crippen molar-refractivity contribution in [2.75, 3.05) is 27.9 Å². The zero-order valence-corrected chi connectivity index (χ0v) is 16.4. The lowest BCUT2D eigenvalue weighted by atomic mass is 10.2. The van der Waals surface area contributed by atoms with Crippen LogP contribution in [0.2, 0.25) is 0 Å². The van der Waals surface area contributed by atoms with Gasteiger partial charge in [-0.15, -0.1) is 0 Å². The molecule has 0 radical (unpaired) electrons. The number of methoxy groups -OCH3 is 3. The smallest absolute Gasteiger partial charge is 0.277 e. The van der Waals surface area contributed by atoms with Gasteiger partial charge < -0.3 is 18.8 Å². The number of fused-ring (bicyclic) bond motifs is 1. The van der Waals surface area contributed by atoms with Crippen LogP contribution in [0.15, 0.2) is 23.2 Å². The van der Waals surface area contributed by atoms with E-state index in [2.05, 4.69) is 0 Å². The Bertz CT molecular complexity index is 947. The van der Waals surface area contributed by atoms with Crippen LogP contribution in [-0.4, -0.2) is 49.2 Å².